The molecule has 7 nitrogen and oxygen atoms in total. The zero-order valence-electron chi connectivity index (χ0n) is 18.4. The molecule has 164 valence electrons. The molecule has 4 heterocycles. The van der Waals surface area contributed by atoms with Gasteiger partial charge >= 0.3 is 0 Å². The van der Waals surface area contributed by atoms with Crippen molar-refractivity contribution in [1.29, 1.82) is 0 Å². The van der Waals surface area contributed by atoms with Gasteiger partial charge in [0.2, 0.25) is 5.91 Å². The maximum Gasteiger partial charge on any atom is 0.241 e. The van der Waals surface area contributed by atoms with Crippen molar-refractivity contribution in [3.63, 3.8) is 0 Å². The molecule has 1 atom stereocenters. The molecule has 0 spiro atoms. The number of piperidine rings is 1. The Morgan fingerprint density at radius 1 is 1.00 bits per heavy atom. The number of amides is 1. The minimum absolute atomic E-state index is 0.210. The first-order valence-corrected chi connectivity index (χ1v) is 11.6. The molecule has 0 radical (unpaired) electrons. The summed E-state index contributed by atoms with van der Waals surface area (Å²) in [5.74, 6) is 2.97. The molecule has 3 aliphatic heterocycles. The van der Waals surface area contributed by atoms with Crippen molar-refractivity contribution in [2.24, 2.45) is 5.92 Å². The number of hydrogen-bond donors (Lipinski definition) is 0. The van der Waals surface area contributed by atoms with Crippen LogP contribution >= 0.6 is 0 Å². The first kappa shape index (κ1) is 20.2. The van der Waals surface area contributed by atoms with Crippen LogP contribution < -0.4 is 14.7 Å². The van der Waals surface area contributed by atoms with Crippen molar-refractivity contribution >= 4 is 23.2 Å². The van der Waals surface area contributed by atoms with Gasteiger partial charge in [-0.3, -0.25) is 9.69 Å². The average Bonchev–Trinajstić information content (AvgIpc) is 3.24. The number of nitrogens with zero attached hydrogens (tertiary/aromatic N) is 6. The average molecular weight is 421 g/mol. The molecule has 2 fully saturated rings. The number of piperazine rings is 1. The highest BCUT2D eigenvalue weighted by Gasteiger charge is 2.27. The number of benzene rings is 1. The van der Waals surface area contributed by atoms with E-state index in [-0.39, 0.29) is 5.91 Å². The SMILES string of the molecule is CC1CCCN(c2cc(N3CCN(CC(=O)N4CCc5ccccc54)CC3)ncn2)C1. The lowest BCUT2D eigenvalue weighted by Gasteiger charge is -2.36. The molecule has 0 bridgehead atoms. The van der Waals surface area contributed by atoms with Crippen molar-refractivity contribution < 1.29 is 4.79 Å². The Morgan fingerprint density at radius 3 is 2.58 bits per heavy atom. The lowest BCUT2D eigenvalue weighted by molar-refractivity contribution is -0.119. The molecule has 1 amide bonds. The lowest BCUT2D eigenvalue weighted by atomic mass is 10.0. The Hall–Kier alpha value is -2.67. The summed E-state index contributed by atoms with van der Waals surface area (Å²) >= 11 is 0. The summed E-state index contributed by atoms with van der Waals surface area (Å²) < 4.78 is 0. The summed E-state index contributed by atoms with van der Waals surface area (Å²) in [4.78, 5) is 30.9. The minimum atomic E-state index is 0.210. The van der Waals surface area contributed by atoms with Crippen molar-refractivity contribution in [3.8, 4) is 0 Å². The smallest absolute Gasteiger partial charge is 0.241 e. The van der Waals surface area contributed by atoms with E-state index in [1.807, 2.05) is 11.0 Å². The number of rotatable bonds is 4. The molecule has 2 aromatic rings. The van der Waals surface area contributed by atoms with E-state index in [0.29, 0.717) is 6.54 Å². The maximum absolute atomic E-state index is 12.9. The number of carbonyl (C=O) groups excluding carboxylic acids is 1. The quantitative estimate of drug-likeness (QED) is 0.757. The van der Waals surface area contributed by atoms with Crippen molar-refractivity contribution in [3.05, 3.63) is 42.2 Å². The summed E-state index contributed by atoms with van der Waals surface area (Å²) in [6, 6.07) is 10.4. The Kier molecular flexibility index (Phi) is 5.76. The fourth-order valence-electron chi connectivity index (χ4n) is 5.09. The monoisotopic (exact) mass is 420 g/mol. The van der Waals surface area contributed by atoms with Crippen LogP contribution in [0.15, 0.2) is 36.7 Å². The van der Waals surface area contributed by atoms with Gasteiger partial charge in [0.15, 0.2) is 0 Å². The van der Waals surface area contributed by atoms with Gasteiger partial charge < -0.3 is 14.7 Å². The molecule has 7 heteroatoms. The van der Waals surface area contributed by atoms with Crippen LogP contribution in [0.4, 0.5) is 17.3 Å². The van der Waals surface area contributed by atoms with Crippen LogP contribution in [0.25, 0.3) is 0 Å². The molecule has 0 N–H and O–H groups in total. The molecular formula is C24H32N6O. The van der Waals surface area contributed by atoms with Gasteiger partial charge in [-0.15, -0.1) is 0 Å². The van der Waals surface area contributed by atoms with Gasteiger partial charge in [-0.05, 0) is 36.8 Å². The van der Waals surface area contributed by atoms with Crippen molar-refractivity contribution in [1.82, 2.24) is 14.9 Å². The normalized spacial score (nSPS) is 22.0. The molecular weight excluding hydrogens is 388 g/mol. The van der Waals surface area contributed by atoms with E-state index < -0.39 is 0 Å². The second-order valence-electron chi connectivity index (χ2n) is 9.12. The van der Waals surface area contributed by atoms with E-state index >= 15 is 0 Å². The van der Waals surface area contributed by atoms with Crippen molar-refractivity contribution in [2.45, 2.75) is 26.2 Å². The fraction of sp³-hybridized carbons (Fsp3) is 0.542. The highest BCUT2D eigenvalue weighted by Crippen LogP contribution is 2.28. The van der Waals surface area contributed by atoms with Gasteiger partial charge in [0.05, 0.1) is 6.54 Å². The number of fused-ring (bicyclic) bond motifs is 1. The van der Waals surface area contributed by atoms with Gasteiger partial charge in [-0.25, -0.2) is 9.97 Å². The lowest BCUT2D eigenvalue weighted by Crippen LogP contribution is -2.50. The van der Waals surface area contributed by atoms with Gasteiger partial charge in [-0.1, -0.05) is 25.1 Å². The van der Waals surface area contributed by atoms with Crippen LogP contribution in [0.3, 0.4) is 0 Å². The van der Waals surface area contributed by atoms with Crippen LogP contribution in [0.1, 0.15) is 25.3 Å². The Bertz CT molecular complexity index is 926. The zero-order chi connectivity index (χ0) is 21.2. The number of carbonyl (C=O) groups is 1. The Labute approximate surface area is 184 Å². The molecule has 0 aliphatic carbocycles. The second-order valence-corrected chi connectivity index (χ2v) is 9.12. The van der Waals surface area contributed by atoms with Crippen LogP contribution in [0.2, 0.25) is 0 Å². The molecule has 1 aromatic carbocycles. The third kappa shape index (κ3) is 4.37. The highest BCUT2D eigenvalue weighted by atomic mass is 16.2. The van der Waals surface area contributed by atoms with E-state index in [1.165, 1.54) is 18.4 Å². The maximum atomic E-state index is 12.9. The predicted molar refractivity (Wildman–Crippen MR) is 124 cm³/mol. The van der Waals surface area contributed by atoms with Gasteiger partial charge in [0.1, 0.15) is 18.0 Å². The summed E-state index contributed by atoms with van der Waals surface area (Å²) in [6.07, 6.45) is 5.19. The Balaban J connectivity index is 1.17. The second kappa shape index (κ2) is 8.83. The number of anilines is 3. The third-order valence-electron chi connectivity index (χ3n) is 6.86. The molecule has 3 aliphatic rings. The van der Waals surface area contributed by atoms with Gasteiger partial charge in [0, 0.05) is 57.6 Å². The Morgan fingerprint density at radius 2 is 1.77 bits per heavy atom. The summed E-state index contributed by atoms with van der Waals surface area (Å²) in [6.45, 7) is 9.29. The standard InChI is InChI=1S/C24H32N6O/c1-19-5-4-9-29(16-19)23-15-22(25-18-26-23)28-13-11-27(12-14-28)17-24(31)30-10-8-20-6-2-3-7-21(20)30/h2-3,6-7,15,18-19H,4-5,8-14,16-17H2,1H3. The molecule has 31 heavy (non-hydrogen) atoms. The summed E-state index contributed by atoms with van der Waals surface area (Å²) in [5, 5.41) is 0. The van der Waals surface area contributed by atoms with E-state index in [4.69, 9.17) is 0 Å². The van der Waals surface area contributed by atoms with Crippen LogP contribution in [0.5, 0.6) is 0 Å². The van der Waals surface area contributed by atoms with E-state index in [0.717, 1.165) is 75.5 Å². The summed E-state index contributed by atoms with van der Waals surface area (Å²) in [7, 11) is 0. The topological polar surface area (TPSA) is 55.8 Å². The molecule has 5 rings (SSSR count). The first-order valence-electron chi connectivity index (χ1n) is 11.6. The predicted octanol–water partition coefficient (Wildman–Crippen LogP) is 2.42. The minimum Gasteiger partial charge on any atom is -0.356 e. The van der Waals surface area contributed by atoms with E-state index in [1.54, 1.807) is 6.33 Å². The highest BCUT2D eigenvalue weighted by molar-refractivity contribution is 5.96. The fourth-order valence-corrected chi connectivity index (χ4v) is 5.09. The van der Waals surface area contributed by atoms with Gasteiger partial charge in [0.25, 0.3) is 0 Å². The third-order valence-corrected chi connectivity index (χ3v) is 6.86. The van der Waals surface area contributed by atoms with Crippen LogP contribution in [-0.2, 0) is 11.2 Å². The zero-order valence-corrected chi connectivity index (χ0v) is 18.4. The molecule has 1 unspecified atom stereocenters. The molecule has 0 saturated carbocycles. The molecule has 2 saturated heterocycles. The molecule has 1 aromatic heterocycles. The first-order chi connectivity index (χ1) is 15.2. The number of para-hydroxylation sites is 1. The number of aromatic nitrogens is 2. The summed E-state index contributed by atoms with van der Waals surface area (Å²) in [5.41, 5.74) is 2.37. The van der Waals surface area contributed by atoms with Crippen LogP contribution in [0, 0.1) is 5.92 Å². The largest absolute Gasteiger partial charge is 0.356 e. The van der Waals surface area contributed by atoms with Crippen LogP contribution in [-0.4, -0.2) is 73.1 Å². The van der Waals surface area contributed by atoms with Crippen molar-refractivity contribution in [2.75, 3.05) is 67.1 Å². The van der Waals surface area contributed by atoms with E-state index in [9.17, 15) is 4.79 Å². The van der Waals surface area contributed by atoms with E-state index in [2.05, 4.69) is 55.9 Å². The van der Waals surface area contributed by atoms with Gasteiger partial charge in [-0.2, -0.15) is 0 Å². The number of hydrogen-bond acceptors (Lipinski definition) is 6.